The number of aromatic nitrogens is 2. The molecule has 0 atom stereocenters. The fraction of sp³-hybridized carbons (Fsp3) is 0. The zero-order valence-corrected chi connectivity index (χ0v) is 8.37. The average molecular weight is 224 g/mol. The van der Waals surface area contributed by atoms with E-state index in [1.54, 1.807) is 6.07 Å². The quantitative estimate of drug-likeness (QED) is 0.808. The van der Waals surface area contributed by atoms with Crippen LogP contribution in [0.3, 0.4) is 0 Å². The van der Waals surface area contributed by atoms with Crippen LogP contribution in [0.4, 0.5) is 10.2 Å². The number of benzene rings is 1. The lowest BCUT2D eigenvalue weighted by Gasteiger charge is -2.05. The van der Waals surface area contributed by atoms with E-state index in [1.165, 1.54) is 24.4 Å². The first-order chi connectivity index (χ1) is 7.18. The van der Waals surface area contributed by atoms with Crippen molar-refractivity contribution in [3.63, 3.8) is 0 Å². The van der Waals surface area contributed by atoms with E-state index in [0.717, 1.165) is 0 Å². The van der Waals surface area contributed by atoms with Gasteiger partial charge in [-0.3, -0.25) is 0 Å². The van der Waals surface area contributed by atoms with Crippen LogP contribution in [0.15, 0.2) is 30.5 Å². The zero-order chi connectivity index (χ0) is 10.8. The van der Waals surface area contributed by atoms with E-state index in [9.17, 15) is 4.39 Å². The summed E-state index contributed by atoms with van der Waals surface area (Å²) in [5.41, 5.74) is 6.71. The van der Waals surface area contributed by atoms with Crippen LogP contribution in [0.5, 0.6) is 0 Å². The Hall–Kier alpha value is -1.68. The van der Waals surface area contributed by atoms with Gasteiger partial charge in [0.05, 0.1) is 6.20 Å². The first-order valence-electron chi connectivity index (χ1n) is 4.21. The standard InChI is InChI=1S/C10H7ClFN3/c11-9-2-1-6(12)5-8(9)7-3-4-14-15-10(7)13/h1-5H,(H2,13,15). The van der Waals surface area contributed by atoms with Gasteiger partial charge in [0, 0.05) is 16.1 Å². The van der Waals surface area contributed by atoms with Crippen molar-refractivity contribution in [2.75, 3.05) is 5.73 Å². The van der Waals surface area contributed by atoms with E-state index in [2.05, 4.69) is 10.2 Å². The van der Waals surface area contributed by atoms with Crippen LogP contribution < -0.4 is 5.73 Å². The first-order valence-corrected chi connectivity index (χ1v) is 4.59. The Kier molecular flexibility index (Phi) is 2.51. The largest absolute Gasteiger partial charge is 0.382 e. The second-order valence-electron chi connectivity index (χ2n) is 2.95. The summed E-state index contributed by atoms with van der Waals surface area (Å²) in [5, 5.41) is 7.71. The van der Waals surface area contributed by atoms with Crippen molar-refractivity contribution in [2.45, 2.75) is 0 Å². The van der Waals surface area contributed by atoms with Crippen LogP contribution in [-0.2, 0) is 0 Å². The van der Waals surface area contributed by atoms with Gasteiger partial charge < -0.3 is 5.73 Å². The molecule has 2 rings (SSSR count). The molecule has 1 aromatic heterocycles. The molecule has 0 aliphatic heterocycles. The molecule has 0 amide bonds. The number of hydrogen-bond donors (Lipinski definition) is 1. The number of hydrogen-bond acceptors (Lipinski definition) is 3. The Labute approximate surface area is 90.7 Å². The summed E-state index contributed by atoms with van der Waals surface area (Å²) in [6.07, 6.45) is 1.48. The molecule has 1 aromatic carbocycles. The Morgan fingerprint density at radius 3 is 2.73 bits per heavy atom. The third-order valence-electron chi connectivity index (χ3n) is 1.97. The first kappa shape index (κ1) is 9.86. The van der Waals surface area contributed by atoms with Gasteiger partial charge in [-0.05, 0) is 24.3 Å². The van der Waals surface area contributed by atoms with E-state index in [0.29, 0.717) is 16.1 Å². The van der Waals surface area contributed by atoms with E-state index in [-0.39, 0.29) is 11.6 Å². The lowest BCUT2D eigenvalue weighted by atomic mass is 10.1. The molecule has 0 aliphatic carbocycles. The number of nitrogens with two attached hydrogens (primary N) is 1. The highest BCUT2D eigenvalue weighted by Crippen LogP contribution is 2.30. The molecular weight excluding hydrogens is 217 g/mol. The normalized spacial score (nSPS) is 10.3. The number of rotatable bonds is 1. The molecule has 76 valence electrons. The minimum atomic E-state index is -0.370. The summed E-state index contributed by atoms with van der Waals surface area (Å²) in [6, 6.07) is 5.72. The molecule has 0 bridgehead atoms. The minimum Gasteiger partial charge on any atom is -0.382 e. The highest BCUT2D eigenvalue weighted by molar-refractivity contribution is 6.33. The third kappa shape index (κ3) is 1.89. The molecule has 0 aliphatic rings. The topological polar surface area (TPSA) is 51.8 Å². The second-order valence-corrected chi connectivity index (χ2v) is 3.36. The molecule has 0 unspecified atom stereocenters. The molecule has 2 N–H and O–H groups in total. The number of anilines is 1. The summed E-state index contributed by atoms with van der Waals surface area (Å²) in [7, 11) is 0. The van der Waals surface area contributed by atoms with Crippen molar-refractivity contribution >= 4 is 17.4 Å². The Bertz CT molecular complexity index is 502. The summed E-state index contributed by atoms with van der Waals surface area (Å²) in [4.78, 5) is 0. The van der Waals surface area contributed by atoms with Gasteiger partial charge in [0.1, 0.15) is 5.82 Å². The molecule has 0 fully saturated rings. The fourth-order valence-electron chi connectivity index (χ4n) is 1.27. The Balaban J connectivity index is 2.64. The fourth-order valence-corrected chi connectivity index (χ4v) is 1.49. The summed E-state index contributed by atoms with van der Waals surface area (Å²) in [6.45, 7) is 0. The molecule has 0 spiro atoms. The van der Waals surface area contributed by atoms with Gasteiger partial charge in [-0.2, -0.15) is 5.10 Å². The van der Waals surface area contributed by atoms with Gasteiger partial charge in [0.15, 0.2) is 5.82 Å². The lowest BCUT2D eigenvalue weighted by molar-refractivity contribution is 0.628. The van der Waals surface area contributed by atoms with Crippen LogP contribution in [0.25, 0.3) is 11.1 Å². The maximum atomic E-state index is 13.0. The Morgan fingerprint density at radius 2 is 2.00 bits per heavy atom. The highest BCUT2D eigenvalue weighted by Gasteiger charge is 2.08. The van der Waals surface area contributed by atoms with E-state index < -0.39 is 0 Å². The predicted molar refractivity (Wildman–Crippen MR) is 56.8 cm³/mol. The molecule has 0 radical (unpaired) electrons. The van der Waals surface area contributed by atoms with Crippen LogP contribution in [0, 0.1) is 5.82 Å². The van der Waals surface area contributed by atoms with Crippen molar-refractivity contribution < 1.29 is 4.39 Å². The van der Waals surface area contributed by atoms with Crippen molar-refractivity contribution in [2.24, 2.45) is 0 Å². The maximum absolute atomic E-state index is 13.0. The highest BCUT2D eigenvalue weighted by atomic mass is 35.5. The predicted octanol–water partition coefficient (Wildman–Crippen LogP) is 2.52. The maximum Gasteiger partial charge on any atom is 0.154 e. The van der Waals surface area contributed by atoms with E-state index >= 15 is 0 Å². The van der Waals surface area contributed by atoms with Crippen molar-refractivity contribution in [1.29, 1.82) is 0 Å². The summed E-state index contributed by atoms with van der Waals surface area (Å²) >= 11 is 5.93. The van der Waals surface area contributed by atoms with Gasteiger partial charge in [-0.15, -0.1) is 5.10 Å². The van der Waals surface area contributed by atoms with Crippen LogP contribution >= 0.6 is 11.6 Å². The van der Waals surface area contributed by atoms with Crippen LogP contribution in [0.2, 0.25) is 5.02 Å². The van der Waals surface area contributed by atoms with Gasteiger partial charge in [0.2, 0.25) is 0 Å². The molecular formula is C10H7ClFN3. The van der Waals surface area contributed by atoms with E-state index in [4.69, 9.17) is 17.3 Å². The average Bonchev–Trinajstić information content (AvgIpc) is 2.23. The molecule has 2 aromatic rings. The van der Waals surface area contributed by atoms with Crippen LogP contribution in [0.1, 0.15) is 0 Å². The van der Waals surface area contributed by atoms with Gasteiger partial charge in [-0.1, -0.05) is 11.6 Å². The molecule has 0 saturated heterocycles. The van der Waals surface area contributed by atoms with Crippen molar-refractivity contribution in [3.8, 4) is 11.1 Å². The minimum absolute atomic E-state index is 0.227. The number of nitrogens with zero attached hydrogens (tertiary/aromatic N) is 2. The molecule has 3 nitrogen and oxygen atoms in total. The van der Waals surface area contributed by atoms with Crippen LogP contribution in [-0.4, -0.2) is 10.2 Å². The summed E-state index contributed by atoms with van der Waals surface area (Å²) in [5.74, 6) is -0.143. The monoisotopic (exact) mass is 223 g/mol. The number of nitrogen functional groups attached to an aromatic ring is 1. The van der Waals surface area contributed by atoms with E-state index in [1.807, 2.05) is 0 Å². The Morgan fingerprint density at radius 1 is 1.20 bits per heavy atom. The van der Waals surface area contributed by atoms with Gasteiger partial charge in [-0.25, -0.2) is 4.39 Å². The SMILES string of the molecule is Nc1nnccc1-c1cc(F)ccc1Cl. The molecule has 15 heavy (non-hydrogen) atoms. The third-order valence-corrected chi connectivity index (χ3v) is 2.30. The van der Waals surface area contributed by atoms with Crippen molar-refractivity contribution in [1.82, 2.24) is 10.2 Å². The summed E-state index contributed by atoms with van der Waals surface area (Å²) < 4.78 is 13.0. The second kappa shape index (κ2) is 3.82. The number of halogens is 2. The zero-order valence-electron chi connectivity index (χ0n) is 7.61. The molecule has 1 heterocycles. The lowest BCUT2D eigenvalue weighted by Crippen LogP contribution is -1.96. The van der Waals surface area contributed by atoms with Gasteiger partial charge in [0.25, 0.3) is 0 Å². The molecule has 5 heteroatoms. The van der Waals surface area contributed by atoms with Gasteiger partial charge >= 0.3 is 0 Å². The van der Waals surface area contributed by atoms with Crippen molar-refractivity contribution in [3.05, 3.63) is 41.3 Å². The molecule has 0 saturated carbocycles. The smallest absolute Gasteiger partial charge is 0.154 e.